The van der Waals surface area contributed by atoms with Crippen molar-refractivity contribution in [3.8, 4) is 17.1 Å². The van der Waals surface area contributed by atoms with Gasteiger partial charge in [-0.05, 0) is 71.5 Å². The number of carbonyl (C=O) groups is 1. The number of hydrogen-bond donors (Lipinski definition) is 3. The van der Waals surface area contributed by atoms with Gasteiger partial charge in [-0.25, -0.2) is 9.78 Å². The molecule has 238 valence electrons. The van der Waals surface area contributed by atoms with Crippen LogP contribution in [0.3, 0.4) is 0 Å². The predicted molar refractivity (Wildman–Crippen MR) is 189 cm³/mol. The number of para-hydroxylation sites is 1. The maximum Gasteiger partial charge on any atom is 0.323 e. The molecule has 1 aromatic heterocycles. The van der Waals surface area contributed by atoms with Gasteiger partial charge in [-0.15, -0.1) is 0 Å². The number of amides is 2. The lowest BCUT2D eigenvalue weighted by atomic mass is 9.87. The molecule has 8 heteroatoms. The highest BCUT2D eigenvalue weighted by atomic mass is 16.5. The van der Waals surface area contributed by atoms with Gasteiger partial charge in [0.15, 0.2) is 0 Å². The van der Waals surface area contributed by atoms with Gasteiger partial charge in [0.1, 0.15) is 23.7 Å². The molecule has 1 aliphatic heterocycles. The molecule has 46 heavy (non-hydrogen) atoms. The number of nitrogens with zero attached hydrogens (tertiary/aromatic N) is 3. The fourth-order valence-electron chi connectivity index (χ4n) is 5.79. The number of hydrogen-bond acceptors (Lipinski definition) is 5. The van der Waals surface area contributed by atoms with Crippen LogP contribution in [0.1, 0.15) is 38.8 Å². The number of carbonyl (C=O) groups excluding carboxylic acids is 1. The first kappa shape index (κ1) is 31.2. The highest BCUT2D eigenvalue weighted by molar-refractivity contribution is 5.99. The van der Waals surface area contributed by atoms with Crippen LogP contribution in [0.5, 0.6) is 5.75 Å². The lowest BCUT2D eigenvalue weighted by molar-refractivity contribution is 0.200. The van der Waals surface area contributed by atoms with Crippen LogP contribution in [0, 0.1) is 0 Å². The van der Waals surface area contributed by atoms with E-state index < -0.39 is 0 Å². The van der Waals surface area contributed by atoms with Gasteiger partial charge in [0, 0.05) is 49.7 Å². The Labute approximate surface area is 271 Å². The third-order valence-corrected chi connectivity index (χ3v) is 8.64. The molecule has 1 fully saturated rings. The molecule has 4 aromatic carbocycles. The molecule has 0 radical (unpaired) electrons. The maximum absolute atomic E-state index is 12.5. The fourth-order valence-corrected chi connectivity index (χ4v) is 5.79. The third kappa shape index (κ3) is 7.51. The summed E-state index contributed by atoms with van der Waals surface area (Å²) in [5, 5.41) is 5.78. The Bertz CT molecular complexity index is 1750. The van der Waals surface area contributed by atoms with Gasteiger partial charge in [0.2, 0.25) is 0 Å². The summed E-state index contributed by atoms with van der Waals surface area (Å²) >= 11 is 0. The second-order valence-electron chi connectivity index (χ2n) is 12.9. The number of fused-ring (bicyclic) bond motifs is 1. The van der Waals surface area contributed by atoms with Crippen LogP contribution < -0.4 is 20.3 Å². The second kappa shape index (κ2) is 13.7. The summed E-state index contributed by atoms with van der Waals surface area (Å²) in [5.74, 6) is 1.70. The van der Waals surface area contributed by atoms with Gasteiger partial charge in [-0.2, -0.15) is 0 Å². The first-order valence-corrected chi connectivity index (χ1v) is 16.2. The zero-order valence-electron chi connectivity index (χ0n) is 27.3. The molecule has 0 atom stereocenters. The Morgan fingerprint density at radius 3 is 2.13 bits per heavy atom. The Kier molecular flexibility index (Phi) is 9.26. The number of aromatic amines is 1. The number of imidazole rings is 1. The minimum absolute atomic E-state index is 0.0728. The summed E-state index contributed by atoms with van der Waals surface area (Å²) in [6.07, 6.45) is 1.03. The van der Waals surface area contributed by atoms with Crippen molar-refractivity contribution in [2.75, 3.05) is 54.9 Å². The van der Waals surface area contributed by atoms with Gasteiger partial charge in [-0.1, -0.05) is 70.2 Å². The molecule has 0 unspecified atom stereocenters. The highest BCUT2D eigenvalue weighted by Gasteiger charge is 2.20. The number of benzene rings is 4. The molecule has 0 bridgehead atoms. The zero-order chi connectivity index (χ0) is 32.1. The number of urea groups is 1. The summed E-state index contributed by atoms with van der Waals surface area (Å²) in [4.78, 5) is 25.9. The van der Waals surface area contributed by atoms with Crippen LogP contribution in [-0.4, -0.2) is 60.2 Å². The number of H-pyrrole nitrogens is 1. The van der Waals surface area contributed by atoms with E-state index in [0.717, 1.165) is 73.0 Å². The Morgan fingerprint density at radius 2 is 1.50 bits per heavy atom. The van der Waals surface area contributed by atoms with Crippen LogP contribution in [-0.2, 0) is 11.8 Å². The fraction of sp³-hybridized carbons (Fsp3) is 0.316. The molecule has 6 rings (SSSR count). The van der Waals surface area contributed by atoms with Crippen LogP contribution in [0.4, 0.5) is 21.9 Å². The summed E-state index contributed by atoms with van der Waals surface area (Å²) in [5.41, 5.74) is 8.48. The molecule has 1 aliphatic rings. The quantitative estimate of drug-likeness (QED) is 0.157. The standard InChI is InChI=1S/C38H44N6O2/c1-5-27-9-11-28(12-10-27)36-41-33-7-6-8-34(35(33)42-36)44-23-21-43(22-24-44)25-26-46-32-19-17-31(18-20-32)40-37(45)39-30-15-13-29(14-16-30)38(2,3)4/h6-20H,5,21-26H2,1-4H3,(H,41,42)(H2,39,40,45). The normalized spacial score (nSPS) is 14.0. The lowest BCUT2D eigenvalue weighted by Gasteiger charge is -2.36. The third-order valence-electron chi connectivity index (χ3n) is 8.64. The largest absolute Gasteiger partial charge is 0.492 e. The van der Waals surface area contributed by atoms with E-state index in [-0.39, 0.29) is 11.4 Å². The lowest BCUT2D eigenvalue weighted by Crippen LogP contribution is -2.47. The number of ether oxygens (including phenoxy) is 1. The van der Waals surface area contributed by atoms with Crippen molar-refractivity contribution in [2.45, 2.75) is 39.5 Å². The number of rotatable bonds is 9. The van der Waals surface area contributed by atoms with E-state index in [1.165, 1.54) is 16.8 Å². The van der Waals surface area contributed by atoms with Crippen LogP contribution in [0.15, 0.2) is 91.0 Å². The van der Waals surface area contributed by atoms with Gasteiger partial charge in [-0.3, -0.25) is 4.90 Å². The SMILES string of the molecule is CCc1ccc(-c2nc3c(N4CCN(CCOc5ccc(NC(=O)Nc6ccc(C(C)(C)C)cc6)cc5)CC4)cccc3[nH]2)cc1. The first-order valence-electron chi connectivity index (χ1n) is 16.2. The molecular weight excluding hydrogens is 572 g/mol. The topological polar surface area (TPSA) is 85.5 Å². The molecule has 8 nitrogen and oxygen atoms in total. The average molecular weight is 617 g/mol. The number of nitrogens with one attached hydrogen (secondary N) is 3. The molecule has 2 heterocycles. The van der Waals surface area contributed by atoms with E-state index in [1.807, 2.05) is 48.5 Å². The van der Waals surface area contributed by atoms with Gasteiger partial charge < -0.3 is 25.3 Å². The van der Waals surface area contributed by atoms with Crippen LogP contribution >= 0.6 is 0 Å². The van der Waals surface area contributed by atoms with Gasteiger partial charge in [0.05, 0.1) is 11.2 Å². The predicted octanol–water partition coefficient (Wildman–Crippen LogP) is 7.93. The zero-order valence-corrected chi connectivity index (χ0v) is 27.3. The highest BCUT2D eigenvalue weighted by Crippen LogP contribution is 2.29. The Morgan fingerprint density at radius 1 is 0.848 bits per heavy atom. The van der Waals surface area contributed by atoms with Crippen molar-refractivity contribution in [1.29, 1.82) is 0 Å². The maximum atomic E-state index is 12.5. The van der Waals surface area contributed by atoms with E-state index in [4.69, 9.17) is 9.72 Å². The Balaban J connectivity index is 0.952. The van der Waals surface area contributed by atoms with Crippen molar-refractivity contribution in [1.82, 2.24) is 14.9 Å². The first-order chi connectivity index (χ1) is 22.2. The Hall–Kier alpha value is -4.82. The minimum Gasteiger partial charge on any atom is -0.492 e. The smallest absolute Gasteiger partial charge is 0.323 e. The minimum atomic E-state index is -0.276. The van der Waals surface area contributed by atoms with Crippen molar-refractivity contribution < 1.29 is 9.53 Å². The number of aryl methyl sites for hydroxylation is 1. The molecule has 3 N–H and O–H groups in total. The molecule has 0 spiro atoms. The van der Waals surface area contributed by atoms with E-state index in [1.54, 1.807) is 0 Å². The van der Waals surface area contributed by atoms with Crippen LogP contribution in [0.25, 0.3) is 22.4 Å². The van der Waals surface area contributed by atoms with Gasteiger partial charge >= 0.3 is 6.03 Å². The molecular formula is C38H44N6O2. The number of aromatic nitrogens is 2. The summed E-state index contributed by atoms with van der Waals surface area (Å²) < 4.78 is 6.03. The molecule has 0 aliphatic carbocycles. The van der Waals surface area contributed by atoms with E-state index in [2.05, 4.69) is 95.6 Å². The van der Waals surface area contributed by atoms with Crippen molar-refractivity contribution >= 4 is 34.1 Å². The number of anilines is 3. The van der Waals surface area contributed by atoms with E-state index >= 15 is 0 Å². The van der Waals surface area contributed by atoms with Crippen molar-refractivity contribution in [3.05, 3.63) is 102 Å². The van der Waals surface area contributed by atoms with Crippen molar-refractivity contribution in [3.63, 3.8) is 0 Å². The number of piperazine rings is 1. The molecule has 5 aromatic rings. The van der Waals surface area contributed by atoms with Crippen molar-refractivity contribution in [2.24, 2.45) is 0 Å². The molecule has 2 amide bonds. The van der Waals surface area contributed by atoms with E-state index in [9.17, 15) is 4.79 Å². The summed E-state index contributed by atoms with van der Waals surface area (Å²) in [6.45, 7) is 14.0. The summed E-state index contributed by atoms with van der Waals surface area (Å²) in [7, 11) is 0. The molecule has 1 saturated heterocycles. The monoisotopic (exact) mass is 616 g/mol. The summed E-state index contributed by atoms with van der Waals surface area (Å²) in [6, 6.07) is 30.2. The second-order valence-corrected chi connectivity index (χ2v) is 12.9. The van der Waals surface area contributed by atoms with Gasteiger partial charge in [0.25, 0.3) is 0 Å². The average Bonchev–Trinajstić information content (AvgIpc) is 3.51. The van der Waals surface area contributed by atoms with Crippen LogP contribution in [0.2, 0.25) is 0 Å². The van der Waals surface area contributed by atoms with E-state index in [0.29, 0.717) is 12.3 Å². The molecule has 0 saturated carbocycles.